The molecule has 0 aliphatic rings. The van der Waals surface area contributed by atoms with Gasteiger partial charge >= 0.3 is 0 Å². The number of nitrogens with zero attached hydrogens (tertiary/aromatic N) is 3. The van der Waals surface area contributed by atoms with E-state index in [0.29, 0.717) is 21.5 Å². The van der Waals surface area contributed by atoms with E-state index in [0.717, 1.165) is 32.5 Å². The maximum atomic E-state index is 13.7. The largest absolute Gasteiger partial charge is 0.493 e. The van der Waals surface area contributed by atoms with Gasteiger partial charge < -0.3 is 14.0 Å². The van der Waals surface area contributed by atoms with Gasteiger partial charge in [0, 0.05) is 28.0 Å². The van der Waals surface area contributed by atoms with Crippen molar-refractivity contribution < 1.29 is 22.7 Å². The number of hydrazone groups is 1. The lowest BCUT2D eigenvalue weighted by Crippen LogP contribution is -2.39. The number of rotatable bonds is 10. The van der Waals surface area contributed by atoms with Crippen molar-refractivity contribution in [1.82, 2.24) is 9.99 Å². The summed E-state index contributed by atoms with van der Waals surface area (Å²) in [6.07, 6.45) is 1.49. The fraction of sp³-hybridized carbons (Fsp3) is 0.200. The van der Waals surface area contributed by atoms with Crippen molar-refractivity contribution >= 4 is 51.0 Å². The Morgan fingerprint density at radius 2 is 1.64 bits per heavy atom. The highest BCUT2D eigenvalue weighted by molar-refractivity contribution is 7.92. The SMILES string of the molecule is COc1ccc(N(CC(=O)N/N=C/c2cc(C)n(-c3cc(Cl)ccc3Cl)c2C)S(=O)(=O)c2ccc(C)cc2)cc1OC. The van der Waals surface area contributed by atoms with Gasteiger partial charge in [-0.2, -0.15) is 5.10 Å². The molecule has 4 aromatic rings. The summed E-state index contributed by atoms with van der Waals surface area (Å²) in [6, 6.07) is 18.1. The molecular weight excluding hydrogens is 599 g/mol. The normalized spacial score (nSPS) is 11.5. The molecule has 0 radical (unpaired) electrons. The molecule has 0 fully saturated rings. The van der Waals surface area contributed by atoms with Crippen LogP contribution < -0.4 is 19.2 Å². The lowest BCUT2D eigenvalue weighted by atomic mass is 10.2. The highest BCUT2D eigenvalue weighted by Crippen LogP contribution is 2.34. The number of aryl methyl sites for hydroxylation is 2. The van der Waals surface area contributed by atoms with Gasteiger partial charge in [-0.25, -0.2) is 13.8 Å². The van der Waals surface area contributed by atoms with Crippen molar-refractivity contribution in [3.05, 3.63) is 99.3 Å². The molecular formula is C30H30Cl2N4O5S. The summed E-state index contributed by atoms with van der Waals surface area (Å²) in [6.45, 7) is 5.12. The number of hydrogen-bond acceptors (Lipinski definition) is 6. The third kappa shape index (κ3) is 6.56. The molecule has 1 aromatic heterocycles. The van der Waals surface area contributed by atoms with Crippen molar-refractivity contribution in [2.45, 2.75) is 25.7 Å². The predicted molar refractivity (Wildman–Crippen MR) is 166 cm³/mol. The molecule has 0 bridgehead atoms. The topological polar surface area (TPSA) is 102 Å². The molecule has 3 aromatic carbocycles. The quantitative estimate of drug-likeness (QED) is 0.170. The zero-order chi connectivity index (χ0) is 30.6. The number of aromatic nitrogens is 1. The maximum absolute atomic E-state index is 13.7. The molecule has 9 nitrogen and oxygen atoms in total. The Hall–Kier alpha value is -3.99. The Balaban J connectivity index is 1.61. The van der Waals surface area contributed by atoms with Gasteiger partial charge in [-0.05, 0) is 69.3 Å². The molecule has 0 unspecified atom stereocenters. The molecule has 1 amide bonds. The summed E-state index contributed by atoms with van der Waals surface area (Å²) in [7, 11) is -1.22. The van der Waals surface area contributed by atoms with E-state index in [1.54, 1.807) is 42.5 Å². The van der Waals surface area contributed by atoms with Crippen LogP contribution in [0.15, 0.2) is 76.7 Å². The smallest absolute Gasteiger partial charge is 0.264 e. The van der Waals surface area contributed by atoms with Gasteiger partial charge in [0.2, 0.25) is 0 Å². The van der Waals surface area contributed by atoms with Gasteiger partial charge in [-0.1, -0.05) is 40.9 Å². The average Bonchev–Trinajstić information content (AvgIpc) is 3.24. The van der Waals surface area contributed by atoms with Crippen molar-refractivity contribution in [3.63, 3.8) is 0 Å². The minimum Gasteiger partial charge on any atom is -0.493 e. The fourth-order valence-corrected chi connectivity index (χ4v) is 6.20. The summed E-state index contributed by atoms with van der Waals surface area (Å²) in [5, 5.41) is 5.18. The molecule has 12 heteroatoms. The highest BCUT2D eigenvalue weighted by atomic mass is 35.5. The Morgan fingerprint density at radius 3 is 2.31 bits per heavy atom. The number of sulfonamides is 1. The van der Waals surface area contributed by atoms with Crippen molar-refractivity contribution in [1.29, 1.82) is 0 Å². The molecule has 0 aliphatic heterocycles. The number of carbonyl (C=O) groups is 1. The van der Waals surface area contributed by atoms with Gasteiger partial charge in [0.25, 0.3) is 15.9 Å². The summed E-state index contributed by atoms with van der Waals surface area (Å²) in [5.41, 5.74) is 6.71. The van der Waals surface area contributed by atoms with Crippen molar-refractivity contribution in [3.8, 4) is 17.2 Å². The average molecular weight is 630 g/mol. The van der Waals surface area contributed by atoms with Gasteiger partial charge in [-0.15, -0.1) is 0 Å². The van der Waals surface area contributed by atoms with Crippen molar-refractivity contribution in [2.24, 2.45) is 5.10 Å². The van der Waals surface area contributed by atoms with E-state index >= 15 is 0 Å². The third-order valence-electron chi connectivity index (χ3n) is 6.56. The van der Waals surface area contributed by atoms with Crippen LogP contribution in [0.1, 0.15) is 22.5 Å². The summed E-state index contributed by atoms with van der Waals surface area (Å²) >= 11 is 12.6. The minimum atomic E-state index is -4.14. The molecule has 42 heavy (non-hydrogen) atoms. The summed E-state index contributed by atoms with van der Waals surface area (Å²) in [4.78, 5) is 13.1. The van der Waals surface area contributed by atoms with Crippen LogP contribution in [0.4, 0.5) is 5.69 Å². The van der Waals surface area contributed by atoms with Crippen LogP contribution >= 0.6 is 23.2 Å². The number of amides is 1. The highest BCUT2D eigenvalue weighted by Gasteiger charge is 2.28. The van der Waals surface area contributed by atoms with E-state index < -0.39 is 22.5 Å². The Bertz CT molecular complexity index is 1750. The van der Waals surface area contributed by atoms with Gasteiger partial charge in [0.1, 0.15) is 6.54 Å². The van der Waals surface area contributed by atoms with E-state index in [4.69, 9.17) is 32.7 Å². The Morgan fingerprint density at radius 1 is 0.952 bits per heavy atom. The van der Waals surface area contributed by atoms with Crippen LogP contribution in [-0.2, 0) is 14.8 Å². The van der Waals surface area contributed by atoms with Gasteiger partial charge in [0.15, 0.2) is 11.5 Å². The zero-order valence-corrected chi connectivity index (χ0v) is 26.0. The molecule has 1 N–H and O–H groups in total. The maximum Gasteiger partial charge on any atom is 0.264 e. The van der Waals surface area contributed by atoms with Crippen LogP contribution in [0.25, 0.3) is 5.69 Å². The molecule has 4 rings (SSSR count). The molecule has 0 atom stereocenters. The number of anilines is 1. The summed E-state index contributed by atoms with van der Waals surface area (Å²) in [5.74, 6) is 0.0794. The Labute approximate surface area is 255 Å². The first-order valence-corrected chi connectivity index (χ1v) is 14.9. The zero-order valence-electron chi connectivity index (χ0n) is 23.7. The van der Waals surface area contributed by atoms with Crippen LogP contribution in [0.5, 0.6) is 11.5 Å². The van der Waals surface area contributed by atoms with E-state index in [1.807, 2.05) is 31.4 Å². The number of hydrogen-bond donors (Lipinski definition) is 1. The molecule has 0 saturated heterocycles. The monoisotopic (exact) mass is 628 g/mol. The molecule has 0 aliphatic carbocycles. The molecule has 220 valence electrons. The van der Waals surface area contributed by atoms with Crippen molar-refractivity contribution in [2.75, 3.05) is 25.1 Å². The van der Waals surface area contributed by atoms with Crippen LogP contribution in [0.3, 0.4) is 0 Å². The second kappa shape index (κ2) is 12.9. The predicted octanol–water partition coefficient (Wildman–Crippen LogP) is 6.07. The van der Waals surface area contributed by atoms with E-state index in [9.17, 15) is 13.2 Å². The number of methoxy groups -OCH3 is 2. The van der Waals surface area contributed by atoms with Crippen LogP contribution in [0.2, 0.25) is 10.0 Å². The third-order valence-corrected chi connectivity index (χ3v) is 8.91. The van der Waals surface area contributed by atoms with Gasteiger partial charge in [-0.3, -0.25) is 9.10 Å². The first kappa shape index (κ1) is 31.0. The minimum absolute atomic E-state index is 0.0336. The number of benzene rings is 3. The van der Waals surface area contributed by atoms with Crippen LogP contribution in [0, 0.1) is 20.8 Å². The molecule has 0 spiro atoms. The fourth-order valence-electron chi connectivity index (χ4n) is 4.42. The van der Waals surface area contributed by atoms with E-state index in [2.05, 4.69) is 10.5 Å². The first-order chi connectivity index (χ1) is 20.0. The Kier molecular flexibility index (Phi) is 9.50. The summed E-state index contributed by atoms with van der Waals surface area (Å²) < 4.78 is 41.0. The molecule has 1 heterocycles. The number of ether oxygens (including phenoxy) is 2. The van der Waals surface area contributed by atoms with Gasteiger partial charge in [0.05, 0.1) is 41.7 Å². The van der Waals surface area contributed by atoms with Crippen LogP contribution in [-0.4, -0.2) is 45.9 Å². The second-order valence-corrected chi connectivity index (χ2v) is 12.1. The molecule has 0 saturated carbocycles. The lowest BCUT2D eigenvalue weighted by molar-refractivity contribution is -0.119. The lowest BCUT2D eigenvalue weighted by Gasteiger charge is -2.24. The number of halogens is 2. The van der Waals surface area contributed by atoms with E-state index in [-0.39, 0.29) is 10.6 Å². The second-order valence-electron chi connectivity index (χ2n) is 9.41. The number of nitrogens with one attached hydrogen (secondary N) is 1. The standard InChI is InChI=1S/C30H30Cl2N4O5S/c1-19-6-10-25(11-7-19)42(38,39)35(24-9-13-28(40-4)29(16-24)41-5)18-30(37)34-33-17-22-14-20(2)36(21(22)3)27-15-23(31)8-12-26(27)32/h6-17H,18H2,1-5H3,(H,34,37)/b33-17+. The first-order valence-electron chi connectivity index (χ1n) is 12.7. The van der Waals surface area contributed by atoms with E-state index in [1.165, 1.54) is 38.6 Å². The number of carbonyl (C=O) groups excluding carboxylic acids is 1.